The molecule has 6 heteroatoms. The number of hydrogen-bond donors (Lipinski definition) is 1. The molecule has 1 saturated carbocycles. The number of fused-ring (bicyclic) bond motifs is 1. The molecule has 2 N–H and O–H groups in total. The van der Waals surface area contributed by atoms with Crippen LogP contribution in [0.15, 0.2) is 47.6 Å². The van der Waals surface area contributed by atoms with Gasteiger partial charge in [-0.05, 0) is 35.7 Å². The van der Waals surface area contributed by atoms with Gasteiger partial charge in [-0.25, -0.2) is 4.68 Å². The third kappa shape index (κ3) is 3.12. The summed E-state index contributed by atoms with van der Waals surface area (Å²) in [4.78, 5) is 0. The lowest BCUT2D eigenvalue weighted by molar-refractivity contribution is 0.344. The molecule has 23 heavy (non-hydrogen) atoms. The molecule has 0 amide bonds. The molecule has 0 atom stereocenters. The van der Waals surface area contributed by atoms with Crippen LogP contribution in [0.5, 0.6) is 5.75 Å². The smallest absolute Gasteiger partial charge is 0.209 e. The monoisotopic (exact) mass is 326 g/mol. The van der Waals surface area contributed by atoms with Crippen molar-refractivity contribution in [3.8, 4) is 5.75 Å². The Morgan fingerprint density at radius 1 is 1.13 bits per heavy atom. The van der Waals surface area contributed by atoms with Crippen LogP contribution in [0.1, 0.15) is 24.6 Å². The first-order valence-electron chi connectivity index (χ1n) is 7.76. The topological polar surface area (TPSA) is 66.0 Å². The number of aromatic nitrogens is 3. The summed E-state index contributed by atoms with van der Waals surface area (Å²) in [5, 5.41) is 11.5. The number of nitrogens with zero attached hydrogens (tertiary/aromatic N) is 3. The van der Waals surface area contributed by atoms with Crippen LogP contribution in [0.2, 0.25) is 0 Å². The Hall–Kier alpha value is -2.21. The van der Waals surface area contributed by atoms with Crippen molar-refractivity contribution < 1.29 is 4.74 Å². The molecule has 0 unspecified atom stereocenters. The zero-order valence-corrected chi connectivity index (χ0v) is 13.5. The van der Waals surface area contributed by atoms with Crippen molar-refractivity contribution in [1.82, 2.24) is 14.9 Å². The van der Waals surface area contributed by atoms with Crippen molar-refractivity contribution in [2.45, 2.75) is 23.9 Å². The molecule has 4 rings (SSSR count). The van der Waals surface area contributed by atoms with Crippen LogP contribution in [-0.4, -0.2) is 27.2 Å². The van der Waals surface area contributed by atoms with Crippen LogP contribution in [0.25, 0.3) is 10.8 Å². The van der Waals surface area contributed by atoms with E-state index in [2.05, 4.69) is 34.5 Å². The first-order valence-corrected chi connectivity index (χ1v) is 8.74. The summed E-state index contributed by atoms with van der Waals surface area (Å²) < 4.78 is 7.45. The van der Waals surface area contributed by atoms with Crippen molar-refractivity contribution >= 4 is 22.5 Å². The molecule has 0 radical (unpaired) electrons. The Morgan fingerprint density at radius 2 is 1.96 bits per heavy atom. The van der Waals surface area contributed by atoms with Crippen LogP contribution in [-0.2, 0) is 0 Å². The van der Waals surface area contributed by atoms with Gasteiger partial charge in [0.25, 0.3) is 0 Å². The summed E-state index contributed by atoms with van der Waals surface area (Å²) in [6, 6.07) is 14.4. The highest BCUT2D eigenvalue weighted by Gasteiger charge is 2.29. The molecule has 118 valence electrons. The standard InChI is InChI=1S/C17H18N4OS/c18-21-16(13-5-6-13)19-20-17(21)23-10-9-22-15-8-7-12-3-1-2-4-14(12)11-15/h1-4,7-8,11,13H,5-6,9-10,18H2. The van der Waals surface area contributed by atoms with Gasteiger partial charge in [-0.15, -0.1) is 10.2 Å². The number of hydrogen-bond acceptors (Lipinski definition) is 5. The van der Waals surface area contributed by atoms with Crippen molar-refractivity contribution in [1.29, 1.82) is 0 Å². The van der Waals surface area contributed by atoms with Crippen LogP contribution in [0.3, 0.4) is 0 Å². The van der Waals surface area contributed by atoms with Crippen LogP contribution in [0.4, 0.5) is 0 Å². The number of nitrogen functional groups attached to an aromatic ring is 1. The maximum Gasteiger partial charge on any atom is 0.209 e. The van der Waals surface area contributed by atoms with Crippen molar-refractivity contribution in [2.24, 2.45) is 0 Å². The predicted octanol–water partition coefficient (Wildman–Crippen LogP) is 3.19. The minimum Gasteiger partial charge on any atom is -0.493 e. The van der Waals surface area contributed by atoms with E-state index in [1.807, 2.05) is 18.2 Å². The molecule has 1 aromatic heterocycles. The van der Waals surface area contributed by atoms with Crippen LogP contribution < -0.4 is 10.6 Å². The lowest BCUT2D eigenvalue weighted by Crippen LogP contribution is -2.14. The van der Waals surface area contributed by atoms with Gasteiger partial charge >= 0.3 is 0 Å². The van der Waals surface area contributed by atoms with Crippen molar-refractivity contribution in [2.75, 3.05) is 18.2 Å². The lowest BCUT2D eigenvalue weighted by atomic mass is 10.1. The molecule has 2 aromatic carbocycles. The molecular formula is C17H18N4OS. The SMILES string of the molecule is Nn1c(SCCOc2ccc3ccccc3c2)nnc1C1CC1. The van der Waals surface area contributed by atoms with Crippen molar-refractivity contribution in [3.63, 3.8) is 0 Å². The molecule has 0 saturated heterocycles. The predicted molar refractivity (Wildman–Crippen MR) is 92.3 cm³/mol. The third-order valence-electron chi connectivity index (χ3n) is 3.94. The van der Waals surface area contributed by atoms with Gasteiger partial charge in [-0.2, -0.15) is 0 Å². The summed E-state index contributed by atoms with van der Waals surface area (Å²) >= 11 is 1.58. The first kappa shape index (κ1) is 14.4. The summed E-state index contributed by atoms with van der Waals surface area (Å²) in [7, 11) is 0. The largest absolute Gasteiger partial charge is 0.493 e. The Kier molecular flexibility index (Phi) is 3.83. The quantitative estimate of drug-likeness (QED) is 0.428. The number of benzene rings is 2. The maximum absolute atomic E-state index is 6.03. The summed E-state index contributed by atoms with van der Waals surface area (Å²) in [6.07, 6.45) is 2.34. The zero-order chi connectivity index (χ0) is 15.6. The van der Waals surface area contributed by atoms with Gasteiger partial charge in [-0.1, -0.05) is 42.1 Å². The van der Waals surface area contributed by atoms with E-state index >= 15 is 0 Å². The minimum absolute atomic E-state index is 0.510. The van der Waals surface area contributed by atoms with Gasteiger partial charge in [0.1, 0.15) is 5.75 Å². The number of ether oxygens (including phenoxy) is 1. The number of nitrogens with two attached hydrogens (primary N) is 1. The van der Waals surface area contributed by atoms with Crippen LogP contribution >= 0.6 is 11.8 Å². The summed E-state index contributed by atoms with van der Waals surface area (Å²) in [6.45, 7) is 0.606. The second kappa shape index (κ2) is 6.12. The lowest BCUT2D eigenvalue weighted by Gasteiger charge is -2.07. The fourth-order valence-electron chi connectivity index (χ4n) is 2.56. The van der Waals surface area contributed by atoms with E-state index in [1.54, 1.807) is 16.4 Å². The fourth-order valence-corrected chi connectivity index (χ4v) is 3.24. The highest BCUT2D eigenvalue weighted by atomic mass is 32.2. The van der Waals surface area contributed by atoms with E-state index in [-0.39, 0.29) is 0 Å². The molecule has 0 bridgehead atoms. The average molecular weight is 326 g/mol. The maximum atomic E-state index is 6.03. The van der Waals surface area contributed by atoms with E-state index in [4.69, 9.17) is 10.6 Å². The molecular weight excluding hydrogens is 308 g/mol. The minimum atomic E-state index is 0.510. The zero-order valence-electron chi connectivity index (χ0n) is 12.7. The summed E-state index contributed by atoms with van der Waals surface area (Å²) in [5.41, 5.74) is 0. The van der Waals surface area contributed by atoms with Gasteiger partial charge in [0.2, 0.25) is 5.16 Å². The fraction of sp³-hybridized carbons (Fsp3) is 0.294. The second-order valence-corrected chi connectivity index (χ2v) is 6.75. The van der Waals surface area contributed by atoms with E-state index in [1.165, 1.54) is 23.6 Å². The molecule has 0 spiro atoms. The highest BCUT2D eigenvalue weighted by molar-refractivity contribution is 7.99. The van der Waals surface area contributed by atoms with Gasteiger partial charge in [0.05, 0.1) is 6.61 Å². The molecule has 1 heterocycles. The molecule has 1 aliphatic rings. The van der Waals surface area contributed by atoms with Crippen molar-refractivity contribution in [3.05, 3.63) is 48.3 Å². The van der Waals surface area contributed by atoms with Gasteiger partial charge in [0.15, 0.2) is 5.82 Å². The third-order valence-corrected chi connectivity index (χ3v) is 4.84. The van der Waals surface area contributed by atoms with E-state index in [9.17, 15) is 0 Å². The molecule has 1 fully saturated rings. The van der Waals surface area contributed by atoms with Gasteiger partial charge < -0.3 is 10.6 Å². The molecule has 0 aliphatic heterocycles. The molecule has 1 aliphatic carbocycles. The van der Waals surface area contributed by atoms with E-state index < -0.39 is 0 Å². The Bertz CT molecular complexity index is 828. The van der Waals surface area contributed by atoms with E-state index in [0.717, 1.165) is 22.5 Å². The highest BCUT2D eigenvalue weighted by Crippen LogP contribution is 2.39. The van der Waals surface area contributed by atoms with Crippen LogP contribution in [0, 0.1) is 0 Å². The number of rotatable bonds is 6. The number of thioether (sulfide) groups is 1. The molecule has 3 aromatic rings. The average Bonchev–Trinajstić information content (AvgIpc) is 3.36. The Labute approximate surface area is 138 Å². The normalized spacial score (nSPS) is 14.3. The second-order valence-electron chi connectivity index (χ2n) is 5.69. The van der Waals surface area contributed by atoms with Gasteiger partial charge in [-0.3, -0.25) is 0 Å². The Balaban J connectivity index is 1.32. The Morgan fingerprint density at radius 3 is 2.78 bits per heavy atom. The summed E-state index contributed by atoms with van der Waals surface area (Å²) in [5.74, 6) is 9.12. The van der Waals surface area contributed by atoms with E-state index in [0.29, 0.717) is 12.5 Å². The molecule has 5 nitrogen and oxygen atoms in total. The first-order chi connectivity index (χ1) is 11.3. The van der Waals surface area contributed by atoms with Gasteiger partial charge in [0, 0.05) is 11.7 Å².